The smallest absolute Gasteiger partial charge is 0.150 e. The van der Waals surface area contributed by atoms with Crippen LogP contribution in [0, 0.1) is 0 Å². The van der Waals surface area contributed by atoms with E-state index < -0.39 is 0 Å². The van der Waals surface area contributed by atoms with Crippen LogP contribution in [-0.4, -0.2) is 20.0 Å². The van der Waals surface area contributed by atoms with Crippen LogP contribution in [0.1, 0.15) is 30.1 Å². The molecule has 0 atom stereocenters. The maximum absolute atomic E-state index is 10.6. The van der Waals surface area contributed by atoms with Gasteiger partial charge in [-0.25, -0.2) is 0 Å². The van der Waals surface area contributed by atoms with Gasteiger partial charge in [0.1, 0.15) is 17.8 Å². The van der Waals surface area contributed by atoms with E-state index in [9.17, 15) is 4.79 Å². The highest BCUT2D eigenvalue weighted by Gasteiger charge is 2.01. The molecule has 0 amide bonds. The first kappa shape index (κ1) is 11.6. The molecule has 0 aliphatic rings. The molecule has 15 heavy (non-hydrogen) atoms. The van der Waals surface area contributed by atoms with Gasteiger partial charge in [-0.15, -0.1) is 0 Å². The molecular weight excluding hydrogens is 192 g/mol. The Morgan fingerprint density at radius 3 is 2.60 bits per heavy atom. The van der Waals surface area contributed by atoms with Gasteiger partial charge < -0.3 is 9.47 Å². The van der Waals surface area contributed by atoms with Crippen LogP contribution in [0.5, 0.6) is 11.5 Å². The molecule has 0 unspecified atom stereocenters. The molecule has 3 nitrogen and oxygen atoms in total. The predicted octanol–water partition coefficient (Wildman–Crippen LogP) is 2.69. The van der Waals surface area contributed by atoms with Crippen molar-refractivity contribution in [3.63, 3.8) is 0 Å². The summed E-state index contributed by atoms with van der Waals surface area (Å²) in [6, 6.07) is 5.17. The number of benzene rings is 1. The first-order valence-corrected chi connectivity index (χ1v) is 5.07. The third kappa shape index (κ3) is 3.62. The average Bonchev–Trinajstić information content (AvgIpc) is 2.29. The van der Waals surface area contributed by atoms with E-state index in [4.69, 9.17) is 9.47 Å². The molecule has 0 N–H and O–H groups in total. The Balaban J connectivity index is 2.73. The van der Waals surface area contributed by atoms with Gasteiger partial charge in [-0.3, -0.25) is 4.79 Å². The van der Waals surface area contributed by atoms with Crippen LogP contribution in [0.2, 0.25) is 0 Å². The highest BCUT2D eigenvalue weighted by Crippen LogP contribution is 2.21. The topological polar surface area (TPSA) is 35.5 Å². The van der Waals surface area contributed by atoms with Crippen molar-refractivity contribution in [1.29, 1.82) is 0 Å². The first-order valence-electron chi connectivity index (χ1n) is 5.07. The van der Waals surface area contributed by atoms with Gasteiger partial charge in [0.05, 0.1) is 13.7 Å². The van der Waals surface area contributed by atoms with Crippen molar-refractivity contribution in [3.05, 3.63) is 23.8 Å². The summed E-state index contributed by atoms with van der Waals surface area (Å²) < 4.78 is 10.6. The molecule has 0 fully saturated rings. The zero-order valence-electron chi connectivity index (χ0n) is 9.16. The molecule has 0 aliphatic heterocycles. The quantitative estimate of drug-likeness (QED) is 0.532. The fraction of sp³-hybridized carbons (Fsp3) is 0.417. The number of hydrogen-bond donors (Lipinski definition) is 0. The highest BCUT2D eigenvalue weighted by molar-refractivity contribution is 5.76. The van der Waals surface area contributed by atoms with Gasteiger partial charge in [0.25, 0.3) is 0 Å². The molecule has 0 bridgehead atoms. The van der Waals surface area contributed by atoms with Gasteiger partial charge in [0.2, 0.25) is 0 Å². The van der Waals surface area contributed by atoms with Crippen LogP contribution in [0.15, 0.2) is 18.2 Å². The van der Waals surface area contributed by atoms with E-state index in [2.05, 4.69) is 6.92 Å². The van der Waals surface area contributed by atoms with Gasteiger partial charge in [0.15, 0.2) is 0 Å². The number of ether oxygens (including phenoxy) is 2. The summed E-state index contributed by atoms with van der Waals surface area (Å²) >= 11 is 0. The summed E-state index contributed by atoms with van der Waals surface area (Å²) in [5, 5.41) is 0. The normalized spacial score (nSPS) is 9.73. The predicted molar refractivity (Wildman–Crippen MR) is 58.8 cm³/mol. The second-order valence-electron chi connectivity index (χ2n) is 3.26. The molecule has 0 radical (unpaired) electrons. The molecule has 1 aromatic rings. The second kappa shape index (κ2) is 6.06. The van der Waals surface area contributed by atoms with Crippen LogP contribution in [0.4, 0.5) is 0 Å². The minimum atomic E-state index is 0.570. The summed E-state index contributed by atoms with van der Waals surface area (Å²) in [6.45, 7) is 2.77. The largest absolute Gasteiger partial charge is 0.497 e. The van der Waals surface area contributed by atoms with Crippen molar-refractivity contribution >= 4 is 6.29 Å². The lowest BCUT2D eigenvalue weighted by molar-refractivity contribution is 0.112. The molecule has 82 valence electrons. The van der Waals surface area contributed by atoms with Gasteiger partial charge in [-0.05, 0) is 18.6 Å². The van der Waals surface area contributed by atoms with Crippen LogP contribution < -0.4 is 9.47 Å². The van der Waals surface area contributed by atoms with Crippen LogP contribution in [0.3, 0.4) is 0 Å². The Hall–Kier alpha value is -1.51. The molecule has 0 heterocycles. The first-order chi connectivity index (χ1) is 7.30. The summed E-state index contributed by atoms with van der Waals surface area (Å²) in [6.07, 6.45) is 2.88. The summed E-state index contributed by atoms with van der Waals surface area (Å²) in [7, 11) is 1.57. The van der Waals surface area contributed by atoms with Crippen molar-refractivity contribution in [2.75, 3.05) is 13.7 Å². The molecule has 0 saturated carbocycles. The van der Waals surface area contributed by atoms with Gasteiger partial charge in [0, 0.05) is 11.6 Å². The second-order valence-corrected chi connectivity index (χ2v) is 3.26. The third-order valence-electron chi connectivity index (χ3n) is 2.04. The summed E-state index contributed by atoms with van der Waals surface area (Å²) in [5.74, 6) is 1.33. The lowest BCUT2D eigenvalue weighted by Gasteiger charge is -2.08. The molecule has 0 saturated heterocycles. The fourth-order valence-corrected chi connectivity index (χ4v) is 1.20. The van der Waals surface area contributed by atoms with Crippen LogP contribution in [0.25, 0.3) is 0 Å². The molecule has 0 aromatic heterocycles. The number of hydrogen-bond acceptors (Lipinski definition) is 3. The van der Waals surface area contributed by atoms with E-state index in [1.54, 1.807) is 25.3 Å². The molecule has 0 aliphatic carbocycles. The van der Waals surface area contributed by atoms with Crippen LogP contribution >= 0.6 is 0 Å². The zero-order valence-corrected chi connectivity index (χ0v) is 9.16. The van der Waals surface area contributed by atoms with E-state index >= 15 is 0 Å². The lowest BCUT2D eigenvalue weighted by atomic mass is 10.2. The van der Waals surface area contributed by atoms with Gasteiger partial charge in [-0.2, -0.15) is 0 Å². The molecule has 3 heteroatoms. The maximum Gasteiger partial charge on any atom is 0.150 e. The van der Waals surface area contributed by atoms with Gasteiger partial charge >= 0.3 is 0 Å². The van der Waals surface area contributed by atoms with E-state index in [1.165, 1.54) is 0 Å². The highest BCUT2D eigenvalue weighted by atomic mass is 16.5. The standard InChI is InChI=1S/C12H16O3/c1-3-4-5-15-12-7-10(9-13)6-11(8-12)14-2/h6-9H,3-5H2,1-2H3. The van der Waals surface area contributed by atoms with Crippen molar-refractivity contribution in [1.82, 2.24) is 0 Å². The van der Waals surface area contributed by atoms with E-state index in [0.29, 0.717) is 23.7 Å². The number of unbranched alkanes of at least 4 members (excludes halogenated alkanes) is 1. The maximum atomic E-state index is 10.6. The fourth-order valence-electron chi connectivity index (χ4n) is 1.20. The number of carbonyl (C=O) groups is 1. The van der Waals surface area contributed by atoms with E-state index in [1.807, 2.05) is 0 Å². The molecular formula is C12H16O3. The minimum absolute atomic E-state index is 0.570. The molecule has 0 spiro atoms. The molecule has 1 aromatic carbocycles. The van der Waals surface area contributed by atoms with Crippen molar-refractivity contribution in [2.24, 2.45) is 0 Å². The van der Waals surface area contributed by atoms with Crippen molar-refractivity contribution in [3.8, 4) is 11.5 Å². The Bertz CT molecular complexity index is 321. The zero-order chi connectivity index (χ0) is 11.1. The van der Waals surface area contributed by atoms with Crippen molar-refractivity contribution < 1.29 is 14.3 Å². The third-order valence-corrected chi connectivity index (χ3v) is 2.04. The van der Waals surface area contributed by atoms with Crippen molar-refractivity contribution in [2.45, 2.75) is 19.8 Å². The van der Waals surface area contributed by atoms with Crippen LogP contribution in [-0.2, 0) is 0 Å². The molecule has 1 rings (SSSR count). The Morgan fingerprint density at radius 1 is 1.27 bits per heavy atom. The Morgan fingerprint density at radius 2 is 2.00 bits per heavy atom. The average molecular weight is 208 g/mol. The van der Waals surface area contributed by atoms with Gasteiger partial charge in [-0.1, -0.05) is 13.3 Å². The Labute approximate surface area is 90.0 Å². The minimum Gasteiger partial charge on any atom is -0.497 e. The van der Waals surface area contributed by atoms with E-state index in [-0.39, 0.29) is 0 Å². The number of methoxy groups -OCH3 is 1. The summed E-state index contributed by atoms with van der Waals surface area (Å²) in [5.41, 5.74) is 0.570. The number of aldehydes is 1. The monoisotopic (exact) mass is 208 g/mol. The lowest BCUT2D eigenvalue weighted by Crippen LogP contribution is -1.97. The summed E-state index contributed by atoms with van der Waals surface area (Å²) in [4.78, 5) is 10.6. The number of carbonyl (C=O) groups excluding carboxylic acids is 1. The van der Waals surface area contributed by atoms with E-state index in [0.717, 1.165) is 19.1 Å². The number of rotatable bonds is 6. The Kier molecular flexibility index (Phi) is 4.68. The SMILES string of the molecule is CCCCOc1cc(C=O)cc(OC)c1.